The van der Waals surface area contributed by atoms with Crippen LogP contribution in [-0.4, -0.2) is 16.5 Å². The number of amides is 1. The second-order valence-electron chi connectivity index (χ2n) is 8.72. The number of aromatic nitrogens is 1. The Morgan fingerprint density at radius 1 is 1.07 bits per heavy atom. The number of carbonyl (C=O) groups is 1. The van der Waals surface area contributed by atoms with Gasteiger partial charge in [-0.2, -0.15) is 0 Å². The molecule has 152 valence electrons. The third-order valence-electron chi connectivity index (χ3n) is 6.42. The fourth-order valence-corrected chi connectivity index (χ4v) is 4.60. The zero-order valence-electron chi connectivity index (χ0n) is 17.7. The van der Waals surface area contributed by atoms with Gasteiger partial charge in [0, 0.05) is 36.1 Å². The summed E-state index contributed by atoms with van der Waals surface area (Å²) < 4.78 is 2.32. The van der Waals surface area contributed by atoms with Crippen molar-refractivity contribution in [3.05, 3.63) is 71.4 Å². The topological polar surface area (TPSA) is 34.0 Å². The minimum Gasteiger partial charge on any atom is -0.353 e. The molecule has 0 bridgehead atoms. The molecule has 3 aromatic rings. The second kappa shape index (κ2) is 8.86. The van der Waals surface area contributed by atoms with E-state index in [-0.39, 0.29) is 5.91 Å². The molecule has 3 heteroatoms. The van der Waals surface area contributed by atoms with Crippen molar-refractivity contribution in [3.63, 3.8) is 0 Å². The molecule has 1 aliphatic carbocycles. The summed E-state index contributed by atoms with van der Waals surface area (Å²) in [7, 11) is 0. The quantitative estimate of drug-likeness (QED) is 0.584. The van der Waals surface area contributed by atoms with E-state index in [1.807, 2.05) is 0 Å². The average Bonchev–Trinajstić information content (AvgIpc) is 3.08. The Morgan fingerprint density at radius 2 is 1.83 bits per heavy atom. The molecule has 1 saturated carbocycles. The summed E-state index contributed by atoms with van der Waals surface area (Å²) >= 11 is 0. The molecule has 3 nitrogen and oxygen atoms in total. The number of carbonyl (C=O) groups excluding carboxylic acids is 1. The number of para-hydroxylation sites is 1. The van der Waals surface area contributed by atoms with Crippen molar-refractivity contribution in [2.45, 2.75) is 65.0 Å². The Morgan fingerprint density at radius 3 is 2.62 bits per heavy atom. The molecule has 1 heterocycles. The van der Waals surface area contributed by atoms with Crippen LogP contribution in [0, 0.1) is 12.8 Å². The normalized spacial score (nSPS) is 19.4. The van der Waals surface area contributed by atoms with Gasteiger partial charge in [0.25, 0.3) is 0 Å². The van der Waals surface area contributed by atoms with E-state index in [9.17, 15) is 4.79 Å². The summed E-state index contributed by atoms with van der Waals surface area (Å²) in [5.41, 5.74) is 5.08. The van der Waals surface area contributed by atoms with Crippen LogP contribution in [0.5, 0.6) is 0 Å². The van der Waals surface area contributed by atoms with Gasteiger partial charge in [-0.05, 0) is 49.3 Å². The van der Waals surface area contributed by atoms with E-state index in [4.69, 9.17) is 0 Å². The molecule has 1 aromatic heterocycles. The molecule has 4 rings (SSSR count). The molecular weight excluding hydrogens is 356 g/mol. The highest BCUT2D eigenvalue weighted by Crippen LogP contribution is 2.25. The number of nitrogens with one attached hydrogen (secondary N) is 1. The van der Waals surface area contributed by atoms with Gasteiger partial charge in [-0.25, -0.2) is 0 Å². The van der Waals surface area contributed by atoms with Crippen LogP contribution in [0.4, 0.5) is 0 Å². The molecular formula is C26H32N2O. The highest BCUT2D eigenvalue weighted by atomic mass is 16.1. The number of hydrogen-bond acceptors (Lipinski definition) is 1. The van der Waals surface area contributed by atoms with E-state index >= 15 is 0 Å². The predicted molar refractivity (Wildman–Crippen MR) is 120 cm³/mol. The molecule has 0 spiro atoms. The Kier molecular flexibility index (Phi) is 6.03. The first kappa shape index (κ1) is 19.8. The van der Waals surface area contributed by atoms with Gasteiger partial charge in [0.15, 0.2) is 0 Å². The Balaban J connectivity index is 1.46. The van der Waals surface area contributed by atoms with Crippen molar-refractivity contribution < 1.29 is 4.79 Å². The lowest BCUT2D eigenvalue weighted by molar-refractivity contribution is -0.122. The van der Waals surface area contributed by atoms with Gasteiger partial charge >= 0.3 is 0 Å². The first-order chi connectivity index (χ1) is 14.1. The summed E-state index contributed by atoms with van der Waals surface area (Å²) in [5.74, 6) is 0.795. The molecule has 0 aliphatic heterocycles. The summed E-state index contributed by atoms with van der Waals surface area (Å²) in [6.45, 7) is 5.24. The Labute approximate surface area is 174 Å². The summed E-state index contributed by atoms with van der Waals surface area (Å²) in [6.07, 6.45) is 8.48. The summed E-state index contributed by atoms with van der Waals surface area (Å²) in [4.78, 5) is 12.6. The molecule has 0 unspecified atom stereocenters. The number of benzene rings is 2. The van der Waals surface area contributed by atoms with Gasteiger partial charge in [-0.3, -0.25) is 4.79 Å². The molecule has 29 heavy (non-hydrogen) atoms. The van der Waals surface area contributed by atoms with E-state index in [0.29, 0.717) is 18.4 Å². The van der Waals surface area contributed by atoms with Crippen molar-refractivity contribution >= 4 is 16.8 Å². The van der Waals surface area contributed by atoms with Crippen LogP contribution in [-0.2, 0) is 17.8 Å². The van der Waals surface area contributed by atoms with E-state index in [1.165, 1.54) is 46.9 Å². The van der Waals surface area contributed by atoms with Gasteiger partial charge in [0.1, 0.15) is 0 Å². The SMILES string of the molecule is Cc1ccc(Cn2cc(CCC(=O)N[C@@H]3CCCC[C@@H]3C)c3ccccc32)cc1. The lowest BCUT2D eigenvalue weighted by atomic mass is 9.86. The predicted octanol–water partition coefficient (Wildman–Crippen LogP) is 5.63. The number of nitrogens with zero attached hydrogens (tertiary/aromatic N) is 1. The highest BCUT2D eigenvalue weighted by molar-refractivity contribution is 5.85. The fraction of sp³-hybridized carbons (Fsp3) is 0.423. The van der Waals surface area contributed by atoms with Gasteiger partial charge in [-0.15, -0.1) is 0 Å². The van der Waals surface area contributed by atoms with Gasteiger partial charge in [-0.1, -0.05) is 67.8 Å². The molecule has 1 aliphatic rings. The molecule has 2 aromatic carbocycles. The van der Waals surface area contributed by atoms with Crippen LogP contribution in [0.15, 0.2) is 54.7 Å². The number of hydrogen-bond donors (Lipinski definition) is 1. The fourth-order valence-electron chi connectivity index (χ4n) is 4.60. The first-order valence-electron chi connectivity index (χ1n) is 11.0. The third kappa shape index (κ3) is 4.72. The van der Waals surface area contributed by atoms with Gasteiger partial charge in [0.2, 0.25) is 5.91 Å². The van der Waals surface area contributed by atoms with Crippen molar-refractivity contribution in [2.75, 3.05) is 0 Å². The second-order valence-corrected chi connectivity index (χ2v) is 8.72. The maximum absolute atomic E-state index is 12.6. The van der Waals surface area contributed by atoms with E-state index in [2.05, 4.69) is 78.5 Å². The van der Waals surface area contributed by atoms with E-state index < -0.39 is 0 Å². The smallest absolute Gasteiger partial charge is 0.220 e. The molecule has 2 atom stereocenters. The highest BCUT2D eigenvalue weighted by Gasteiger charge is 2.22. The number of aryl methyl sites for hydroxylation is 2. The van der Waals surface area contributed by atoms with E-state index in [1.54, 1.807) is 0 Å². The van der Waals surface area contributed by atoms with E-state index in [0.717, 1.165) is 19.4 Å². The van der Waals surface area contributed by atoms with Crippen molar-refractivity contribution in [1.82, 2.24) is 9.88 Å². The standard InChI is InChI=1S/C26H32N2O/c1-19-11-13-21(14-12-19)17-28-18-22(23-8-4-6-10-25(23)28)15-16-26(29)27-24-9-5-3-7-20(24)2/h4,6,8,10-14,18,20,24H,3,5,7,9,15-17H2,1-2H3,(H,27,29)/t20-,24+/m0/s1. The van der Waals surface area contributed by atoms with Gasteiger partial charge in [0.05, 0.1) is 0 Å². The van der Waals surface area contributed by atoms with Crippen LogP contribution in [0.25, 0.3) is 10.9 Å². The average molecular weight is 389 g/mol. The maximum atomic E-state index is 12.6. The summed E-state index contributed by atoms with van der Waals surface area (Å²) in [6, 6.07) is 17.6. The lowest BCUT2D eigenvalue weighted by Gasteiger charge is -2.29. The van der Waals surface area contributed by atoms with Crippen molar-refractivity contribution in [1.29, 1.82) is 0 Å². The lowest BCUT2D eigenvalue weighted by Crippen LogP contribution is -2.41. The number of fused-ring (bicyclic) bond motifs is 1. The van der Waals surface area contributed by atoms with Crippen LogP contribution < -0.4 is 5.32 Å². The molecule has 1 fully saturated rings. The van der Waals surface area contributed by atoms with Crippen LogP contribution in [0.3, 0.4) is 0 Å². The van der Waals surface area contributed by atoms with Crippen molar-refractivity contribution in [3.8, 4) is 0 Å². The molecule has 1 N–H and O–H groups in total. The molecule has 0 radical (unpaired) electrons. The van der Waals surface area contributed by atoms with Crippen LogP contribution >= 0.6 is 0 Å². The van der Waals surface area contributed by atoms with Crippen LogP contribution in [0.2, 0.25) is 0 Å². The zero-order valence-corrected chi connectivity index (χ0v) is 17.7. The van der Waals surface area contributed by atoms with Crippen LogP contribution in [0.1, 0.15) is 55.7 Å². The maximum Gasteiger partial charge on any atom is 0.220 e. The molecule has 1 amide bonds. The Bertz CT molecular complexity index is 970. The third-order valence-corrected chi connectivity index (χ3v) is 6.42. The zero-order chi connectivity index (χ0) is 20.2. The monoisotopic (exact) mass is 388 g/mol. The largest absolute Gasteiger partial charge is 0.353 e. The van der Waals surface area contributed by atoms with Gasteiger partial charge < -0.3 is 9.88 Å². The first-order valence-corrected chi connectivity index (χ1v) is 11.0. The summed E-state index contributed by atoms with van der Waals surface area (Å²) in [5, 5.41) is 4.56. The minimum absolute atomic E-state index is 0.194. The Hall–Kier alpha value is -2.55. The number of rotatable bonds is 6. The van der Waals surface area contributed by atoms with Crippen molar-refractivity contribution in [2.24, 2.45) is 5.92 Å². The molecule has 0 saturated heterocycles. The minimum atomic E-state index is 0.194.